The van der Waals surface area contributed by atoms with Crippen LogP contribution < -0.4 is 0 Å². The van der Waals surface area contributed by atoms with E-state index >= 15 is 0 Å². The standard InChI is InChI=1S/C19H27N3O2/c1-19(2,24)14-22(12-15-8-6-5-7-9-15)13-16-10-11-17(20-16)18(23)21(3)4/h5-11,20,24H,12-14H2,1-4H3. The fraction of sp³-hybridized carbons (Fsp3) is 0.421. The number of nitrogens with zero attached hydrogens (tertiary/aromatic N) is 2. The molecule has 24 heavy (non-hydrogen) atoms. The van der Waals surface area contributed by atoms with Crippen LogP contribution in [0.3, 0.4) is 0 Å². The van der Waals surface area contributed by atoms with Crippen LogP contribution >= 0.6 is 0 Å². The number of hydrogen-bond donors (Lipinski definition) is 2. The predicted octanol–water partition coefficient (Wildman–Crippen LogP) is 2.49. The van der Waals surface area contributed by atoms with Crippen molar-refractivity contribution in [2.75, 3.05) is 20.6 Å². The molecule has 2 aromatic rings. The van der Waals surface area contributed by atoms with Gasteiger partial charge in [-0.05, 0) is 31.5 Å². The molecule has 1 amide bonds. The zero-order valence-electron chi connectivity index (χ0n) is 14.9. The zero-order chi connectivity index (χ0) is 17.7. The van der Waals surface area contributed by atoms with Crippen molar-refractivity contribution in [3.8, 4) is 0 Å². The third kappa shape index (κ3) is 5.51. The quantitative estimate of drug-likeness (QED) is 0.820. The lowest BCUT2D eigenvalue weighted by atomic mass is 10.1. The fourth-order valence-electron chi connectivity index (χ4n) is 2.70. The Bertz CT molecular complexity index is 657. The Labute approximate surface area is 143 Å². The van der Waals surface area contributed by atoms with Gasteiger partial charge in [-0.3, -0.25) is 9.69 Å². The number of rotatable bonds is 7. The summed E-state index contributed by atoms with van der Waals surface area (Å²) in [6, 6.07) is 13.9. The van der Waals surface area contributed by atoms with Crippen molar-refractivity contribution in [3.05, 3.63) is 59.4 Å². The van der Waals surface area contributed by atoms with Gasteiger partial charge in [0.25, 0.3) is 5.91 Å². The second-order valence-electron chi connectivity index (χ2n) is 7.04. The van der Waals surface area contributed by atoms with Crippen LogP contribution in [0.1, 0.15) is 35.6 Å². The van der Waals surface area contributed by atoms with Crippen molar-refractivity contribution in [2.45, 2.75) is 32.5 Å². The molecule has 0 saturated heterocycles. The zero-order valence-corrected chi connectivity index (χ0v) is 14.9. The first-order valence-corrected chi connectivity index (χ1v) is 8.13. The summed E-state index contributed by atoms with van der Waals surface area (Å²) in [5, 5.41) is 10.2. The minimum Gasteiger partial charge on any atom is -0.389 e. The average molecular weight is 329 g/mol. The molecule has 2 N–H and O–H groups in total. The lowest BCUT2D eigenvalue weighted by Crippen LogP contribution is -2.38. The molecular formula is C19H27N3O2. The Morgan fingerprint density at radius 3 is 2.33 bits per heavy atom. The lowest BCUT2D eigenvalue weighted by Gasteiger charge is -2.28. The summed E-state index contributed by atoms with van der Waals surface area (Å²) in [4.78, 5) is 18.9. The first-order chi connectivity index (χ1) is 11.2. The van der Waals surface area contributed by atoms with Crippen LogP contribution in [-0.2, 0) is 13.1 Å². The van der Waals surface area contributed by atoms with Crippen LogP contribution in [-0.4, -0.2) is 52.0 Å². The molecule has 0 saturated carbocycles. The SMILES string of the molecule is CN(C)C(=O)c1ccc(CN(Cc2ccccc2)CC(C)(C)O)[nH]1. The Morgan fingerprint density at radius 2 is 1.75 bits per heavy atom. The molecule has 5 nitrogen and oxygen atoms in total. The van der Waals surface area contributed by atoms with E-state index in [1.807, 2.05) is 30.3 Å². The molecule has 2 rings (SSSR count). The summed E-state index contributed by atoms with van der Waals surface area (Å²) in [6.45, 7) is 5.53. The van der Waals surface area contributed by atoms with E-state index in [4.69, 9.17) is 0 Å². The van der Waals surface area contributed by atoms with Gasteiger partial charge in [-0.2, -0.15) is 0 Å². The normalized spacial score (nSPS) is 11.8. The molecule has 0 atom stereocenters. The van der Waals surface area contributed by atoms with Crippen LogP contribution in [0.5, 0.6) is 0 Å². The second kappa shape index (κ2) is 7.64. The Balaban J connectivity index is 2.11. The number of H-pyrrole nitrogens is 1. The van der Waals surface area contributed by atoms with E-state index in [-0.39, 0.29) is 5.91 Å². The first-order valence-electron chi connectivity index (χ1n) is 8.13. The summed E-state index contributed by atoms with van der Waals surface area (Å²) in [7, 11) is 3.47. The van der Waals surface area contributed by atoms with Crippen LogP contribution in [0.4, 0.5) is 0 Å². The van der Waals surface area contributed by atoms with Gasteiger partial charge in [0.15, 0.2) is 0 Å². The van der Waals surface area contributed by atoms with Crippen molar-refractivity contribution in [1.29, 1.82) is 0 Å². The highest BCUT2D eigenvalue weighted by Crippen LogP contribution is 2.14. The summed E-state index contributed by atoms with van der Waals surface area (Å²) >= 11 is 0. The molecule has 1 aromatic carbocycles. The van der Waals surface area contributed by atoms with Crippen molar-refractivity contribution < 1.29 is 9.90 Å². The Kier molecular flexibility index (Phi) is 5.80. The van der Waals surface area contributed by atoms with Crippen LogP contribution in [0.2, 0.25) is 0 Å². The number of amides is 1. The monoisotopic (exact) mass is 329 g/mol. The van der Waals surface area contributed by atoms with Gasteiger partial charge < -0.3 is 15.0 Å². The van der Waals surface area contributed by atoms with Gasteiger partial charge in [-0.25, -0.2) is 0 Å². The third-order valence-corrected chi connectivity index (χ3v) is 3.64. The lowest BCUT2D eigenvalue weighted by molar-refractivity contribution is 0.0303. The maximum Gasteiger partial charge on any atom is 0.269 e. The number of carbonyl (C=O) groups is 1. The molecule has 130 valence electrons. The topological polar surface area (TPSA) is 59.6 Å². The van der Waals surface area contributed by atoms with E-state index in [1.165, 1.54) is 5.56 Å². The second-order valence-corrected chi connectivity index (χ2v) is 7.04. The highest BCUT2D eigenvalue weighted by molar-refractivity contribution is 5.92. The molecule has 0 spiro atoms. The number of nitrogens with one attached hydrogen (secondary N) is 1. The van der Waals surface area contributed by atoms with E-state index in [0.29, 0.717) is 18.8 Å². The van der Waals surface area contributed by atoms with E-state index < -0.39 is 5.60 Å². The average Bonchev–Trinajstić information content (AvgIpc) is 2.94. The summed E-state index contributed by atoms with van der Waals surface area (Å²) < 4.78 is 0. The highest BCUT2D eigenvalue weighted by atomic mass is 16.3. The Hall–Kier alpha value is -2.11. The van der Waals surface area contributed by atoms with E-state index in [0.717, 1.165) is 12.2 Å². The molecule has 0 fully saturated rings. The van der Waals surface area contributed by atoms with Crippen molar-refractivity contribution >= 4 is 5.91 Å². The molecule has 0 bridgehead atoms. The third-order valence-electron chi connectivity index (χ3n) is 3.64. The van der Waals surface area contributed by atoms with Crippen molar-refractivity contribution in [2.24, 2.45) is 0 Å². The number of aromatic nitrogens is 1. The molecule has 0 aliphatic rings. The maximum absolute atomic E-state index is 12.0. The van der Waals surface area contributed by atoms with Crippen molar-refractivity contribution in [3.63, 3.8) is 0 Å². The minimum absolute atomic E-state index is 0.0432. The number of aliphatic hydroxyl groups is 1. The van der Waals surface area contributed by atoms with Gasteiger partial charge in [0.05, 0.1) is 5.60 Å². The van der Waals surface area contributed by atoms with Gasteiger partial charge in [0.2, 0.25) is 0 Å². The van der Waals surface area contributed by atoms with Crippen LogP contribution in [0, 0.1) is 0 Å². The van der Waals surface area contributed by atoms with Crippen LogP contribution in [0.15, 0.2) is 42.5 Å². The molecule has 0 aliphatic carbocycles. The van der Waals surface area contributed by atoms with Gasteiger partial charge in [-0.15, -0.1) is 0 Å². The number of aromatic amines is 1. The van der Waals surface area contributed by atoms with Gasteiger partial charge in [0.1, 0.15) is 5.69 Å². The van der Waals surface area contributed by atoms with E-state index in [1.54, 1.807) is 32.8 Å². The van der Waals surface area contributed by atoms with Crippen molar-refractivity contribution in [1.82, 2.24) is 14.8 Å². The molecule has 5 heteroatoms. The minimum atomic E-state index is -0.788. The summed E-state index contributed by atoms with van der Waals surface area (Å²) in [6.07, 6.45) is 0. The molecule has 0 aliphatic heterocycles. The summed E-state index contributed by atoms with van der Waals surface area (Å²) in [5.41, 5.74) is 1.94. The van der Waals surface area contributed by atoms with Gasteiger partial charge >= 0.3 is 0 Å². The first kappa shape index (κ1) is 18.2. The number of carbonyl (C=O) groups excluding carboxylic acids is 1. The number of benzene rings is 1. The predicted molar refractivity (Wildman–Crippen MR) is 95.7 cm³/mol. The Morgan fingerprint density at radius 1 is 1.08 bits per heavy atom. The molecule has 0 radical (unpaired) electrons. The fourth-order valence-corrected chi connectivity index (χ4v) is 2.70. The number of hydrogen-bond acceptors (Lipinski definition) is 3. The molecular weight excluding hydrogens is 302 g/mol. The van der Waals surface area contributed by atoms with E-state index in [2.05, 4.69) is 22.0 Å². The van der Waals surface area contributed by atoms with Gasteiger partial charge in [-0.1, -0.05) is 30.3 Å². The highest BCUT2D eigenvalue weighted by Gasteiger charge is 2.20. The molecule has 0 unspecified atom stereocenters. The summed E-state index contributed by atoms with van der Waals surface area (Å²) in [5.74, 6) is -0.0432. The van der Waals surface area contributed by atoms with E-state index in [9.17, 15) is 9.90 Å². The van der Waals surface area contributed by atoms with Crippen LogP contribution in [0.25, 0.3) is 0 Å². The maximum atomic E-state index is 12.0. The largest absolute Gasteiger partial charge is 0.389 e. The van der Waals surface area contributed by atoms with Gasteiger partial charge in [0, 0.05) is 39.4 Å². The molecule has 1 aromatic heterocycles. The molecule has 1 heterocycles. The smallest absolute Gasteiger partial charge is 0.269 e.